The average molecular weight is 409 g/mol. The lowest BCUT2D eigenvalue weighted by molar-refractivity contribution is -0.103. The van der Waals surface area contributed by atoms with Gasteiger partial charge in [0, 0.05) is 45.0 Å². The molecule has 1 aromatic rings. The smallest absolute Gasteiger partial charge is 0.244 e. The molecular formula is C20H32N4O3S. The number of pyridine rings is 1. The Balaban J connectivity index is 1.39. The van der Waals surface area contributed by atoms with Crippen molar-refractivity contribution in [1.29, 1.82) is 0 Å². The molecule has 1 spiro atoms. The third-order valence-corrected chi connectivity index (χ3v) is 8.33. The SMILES string of the molecule is CN1CCN(S(=O)(=O)c2ccc(NC3CCOC4(CCCCC4)C3)nc2)CC1. The summed E-state index contributed by atoms with van der Waals surface area (Å²) in [6.07, 6.45) is 9.59. The molecule has 0 bridgehead atoms. The van der Waals surface area contributed by atoms with Crippen LogP contribution in [0, 0.1) is 0 Å². The van der Waals surface area contributed by atoms with Gasteiger partial charge in [-0.05, 0) is 44.9 Å². The van der Waals surface area contributed by atoms with E-state index < -0.39 is 10.0 Å². The molecule has 3 aliphatic rings. The quantitative estimate of drug-likeness (QED) is 0.824. The highest BCUT2D eigenvalue weighted by Gasteiger charge is 2.38. The first kappa shape index (κ1) is 20.1. The van der Waals surface area contributed by atoms with Crippen LogP contribution in [-0.4, -0.2) is 74.1 Å². The monoisotopic (exact) mass is 408 g/mol. The van der Waals surface area contributed by atoms with Crippen LogP contribution < -0.4 is 5.32 Å². The summed E-state index contributed by atoms with van der Waals surface area (Å²) < 4.78 is 33.4. The topological polar surface area (TPSA) is 74.8 Å². The van der Waals surface area contributed by atoms with Crippen molar-refractivity contribution in [2.45, 2.75) is 61.5 Å². The number of sulfonamides is 1. The zero-order valence-corrected chi connectivity index (χ0v) is 17.6. The standard InChI is InChI=1S/C20H32N4O3S/c1-23-10-12-24(13-11-23)28(25,26)18-5-6-19(21-16-18)22-17-7-14-27-20(15-17)8-3-2-4-9-20/h5-6,16-17H,2-4,7-15H2,1H3,(H,21,22). The number of hydrogen-bond donors (Lipinski definition) is 1. The number of nitrogens with zero attached hydrogens (tertiary/aromatic N) is 3. The van der Waals surface area contributed by atoms with E-state index in [1.807, 2.05) is 7.05 Å². The van der Waals surface area contributed by atoms with Crippen molar-refractivity contribution in [2.75, 3.05) is 45.2 Å². The number of rotatable bonds is 4. The van der Waals surface area contributed by atoms with E-state index in [-0.39, 0.29) is 10.5 Å². The highest BCUT2D eigenvalue weighted by Crippen LogP contribution is 2.39. The summed E-state index contributed by atoms with van der Waals surface area (Å²) in [5, 5.41) is 3.51. The van der Waals surface area contributed by atoms with Gasteiger partial charge in [0.1, 0.15) is 10.7 Å². The summed E-state index contributed by atoms with van der Waals surface area (Å²) >= 11 is 0. The third kappa shape index (κ3) is 4.35. The van der Waals surface area contributed by atoms with Crippen LogP contribution in [0.2, 0.25) is 0 Å². The Morgan fingerprint density at radius 1 is 1.14 bits per heavy atom. The van der Waals surface area contributed by atoms with Crippen molar-refractivity contribution in [3.8, 4) is 0 Å². The van der Waals surface area contributed by atoms with Crippen molar-refractivity contribution in [3.05, 3.63) is 18.3 Å². The van der Waals surface area contributed by atoms with E-state index >= 15 is 0 Å². The Morgan fingerprint density at radius 3 is 2.57 bits per heavy atom. The fraction of sp³-hybridized carbons (Fsp3) is 0.750. The number of anilines is 1. The summed E-state index contributed by atoms with van der Waals surface area (Å²) in [5.41, 5.74) is 0.0405. The molecule has 2 aliphatic heterocycles. The number of nitrogens with one attached hydrogen (secondary N) is 1. The molecule has 156 valence electrons. The molecule has 7 nitrogen and oxygen atoms in total. The molecule has 3 fully saturated rings. The summed E-state index contributed by atoms with van der Waals surface area (Å²) in [4.78, 5) is 6.83. The first-order valence-electron chi connectivity index (χ1n) is 10.5. The molecule has 1 saturated carbocycles. The fourth-order valence-corrected chi connectivity index (χ4v) is 6.07. The number of aromatic nitrogens is 1. The number of hydrogen-bond acceptors (Lipinski definition) is 6. The van der Waals surface area contributed by atoms with E-state index in [2.05, 4.69) is 15.2 Å². The maximum Gasteiger partial charge on any atom is 0.244 e. The van der Waals surface area contributed by atoms with E-state index in [4.69, 9.17) is 4.74 Å². The van der Waals surface area contributed by atoms with E-state index in [9.17, 15) is 8.42 Å². The van der Waals surface area contributed by atoms with Gasteiger partial charge in [-0.2, -0.15) is 4.31 Å². The molecule has 8 heteroatoms. The first-order chi connectivity index (χ1) is 13.5. The van der Waals surface area contributed by atoms with Crippen molar-refractivity contribution >= 4 is 15.8 Å². The Bertz CT molecular complexity index is 749. The van der Waals surface area contributed by atoms with Gasteiger partial charge in [-0.1, -0.05) is 19.3 Å². The minimum Gasteiger partial charge on any atom is -0.375 e. The van der Waals surface area contributed by atoms with Gasteiger partial charge in [-0.3, -0.25) is 0 Å². The minimum atomic E-state index is -3.46. The van der Waals surface area contributed by atoms with Crippen LogP contribution in [0.1, 0.15) is 44.9 Å². The Hall–Kier alpha value is -1.22. The highest BCUT2D eigenvalue weighted by atomic mass is 32.2. The van der Waals surface area contributed by atoms with E-state index in [1.165, 1.54) is 25.5 Å². The van der Waals surface area contributed by atoms with E-state index in [0.29, 0.717) is 19.1 Å². The zero-order valence-electron chi connectivity index (χ0n) is 16.8. The van der Waals surface area contributed by atoms with Gasteiger partial charge in [0.15, 0.2) is 0 Å². The average Bonchev–Trinajstić information content (AvgIpc) is 2.69. The molecule has 0 radical (unpaired) electrons. The summed E-state index contributed by atoms with van der Waals surface area (Å²) in [6.45, 7) is 3.37. The van der Waals surface area contributed by atoms with Crippen LogP contribution in [-0.2, 0) is 14.8 Å². The molecule has 1 aromatic heterocycles. The van der Waals surface area contributed by atoms with Gasteiger partial charge in [0.25, 0.3) is 0 Å². The molecule has 3 heterocycles. The molecular weight excluding hydrogens is 376 g/mol. The summed E-state index contributed by atoms with van der Waals surface area (Å²) in [5.74, 6) is 0.746. The summed E-state index contributed by atoms with van der Waals surface area (Å²) in [7, 11) is -1.45. The third-order valence-electron chi connectivity index (χ3n) is 6.45. The second kappa shape index (κ2) is 8.26. The lowest BCUT2D eigenvalue weighted by Crippen LogP contribution is -2.47. The van der Waals surface area contributed by atoms with E-state index in [1.54, 1.807) is 16.4 Å². The van der Waals surface area contributed by atoms with Gasteiger partial charge in [0.2, 0.25) is 10.0 Å². The van der Waals surface area contributed by atoms with Crippen molar-refractivity contribution in [3.63, 3.8) is 0 Å². The Labute approximate surface area is 168 Å². The van der Waals surface area contributed by atoms with E-state index in [0.717, 1.165) is 51.2 Å². The van der Waals surface area contributed by atoms with Gasteiger partial charge in [-0.15, -0.1) is 0 Å². The fourth-order valence-electron chi connectivity index (χ4n) is 4.70. The number of likely N-dealkylation sites (N-methyl/N-ethyl adjacent to an activating group) is 1. The van der Waals surface area contributed by atoms with Gasteiger partial charge >= 0.3 is 0 Å². The van der Waals surface area contributed by atoms with Gasteiger partial charge in [0.05, 0.1) is 5.60 Å². The normalized spacial score (nSPS) is 27.0. The van der Waals surface area contributed by atoms with Crippen LogP contribution in [0.15, 0.2) is 23.2 Å². The predicted molar refractivity (Wildman–Crippen MR) is 109 cm³/mol. The Morgan fingerprint density at radius 2 is 1.89 bits per heavy atom. The van der Waals surface area contributed by atoms with Crippen LogP contribution in [0.3, 0.4) is 0 Å². The Kier molecular flexibility index (Phi) is 5.92. The van der Waals surface area contributed by atoms with Crippen LogP contribution >= 0.6 is 0 Å². The highest BCUT2D eigenvalue weighted by molar-refractivity contribution is 7.89. The molecule has 2 saturated heterocycles. The molecule has 1 N–H and O–H groups in total. The van der Waals surface area contributed by atoms with Crippen LogP contribution in [0.25, 0.3) is 0 Å². The van der Waals surface area contributed by atoms with Crippen molar-refractivity contribution < 1.29 is 13.2 Å². The molecule has 1 aliphatic carbocycles. The minimum absolute atomic E-state index is 0.0405. The second-order valence-corrected chi connectivity index (χ2v) is 10.5. The molecule has 1 atom stereocenters. The molecule has 0 aromatic carbocycles. The van der Waals surface area contributed by atoms with Crippen LogP contribution in [0.4, 0.5) is 5.82 Å². The largest absolute Gasteiger partial charge is 0.375 e. The molecule has 1 unspecified atom stereocenters. The molecule has 28 heavy (non-hydrogen) atoms. The van der Waals surface area contributed by atoms with Gasteiger partial charge in [-0.25, -0.2) is 13.4 Å². The summed E-state index contributed by atoms with van der Waals surface area (Å²) in [6, 6.07) is 3.81. The maximum absolute atomic E-state index is 12.8. The number of ether oxygens (including phenoxy) is 1. The lowest BCUT2D eigenvalue weighted by atomic mass is 9.78. The first-order valence-corrected chi connectivity index (χ1v) is 12.0. The number of piperazine rings is 1. The molecule has 4 rings (SSSR count). The van der Waals surface area contributed by atoms with Crippen LogP contribution in [0.5, 0.6) is 0 Å². The lowest BCUT2D eigenvalue weighted by Gasteiger charge is -2.43. The maximum atomic E-state index is 12.8. The second-order valence-electron chi connectivity index (χ2n) is 8.51. The predicted octanol–water partition coefficient (Wildman–Crippen LogP) is 2.31. The van der Waals surface area contributed by atoms with Gasteiger partial charge < -0.3 is 15.0 Å². The zero-order chi connectivity index (χ0) is 19.6. The van der Waals surface area contributed by atoms with Crippen molar-refractivity contribution in [2.24, 2.45) is 0 Å². The van der Waals surface area contributed by atoms with Crippen molar-refractivity contribution in [1.82, 2.24) is 14.2 Å². The molecule has 0 amide bonds.